The van der Waals surface area contributed by atoms with Gasteiger partial charge in [0.15, 0.2) is 0 Å². The molecule has 1 aliphatic heterocycles. The first kappa shape index (κ1) is 16.5. The van der Waals surface area contributed by atoms with Gasteiger partial charge >= 0.3 is 5.97 Å². The molecule has 0 amide bonds. The van der Waals surface area contributed by atoms with Gasteiger partial charge in [-0.2, -0.15) is 5.10 Å². The SMILES string of the molecule is COC(=O)c1ccc(CN[C@@H]2CCCN(c3cnn(C)c3)C2)cc1. The molecule has 0 spiro atoms. The van der Waals surface area contributed by atoms with Gasteiger partial charge in [0.1, 0.15) is 0 Å². The van der Waals surface area contributed by atoms with Crippen molar-refractivity contribution in [1.29, 1.82) is 0 Å². The van der Waals surface area contributed by atoms with Crippen LogP contribution in [0.3, 0.4) is 0 Å². The third-order valence-corrected chi connectivity index (χ3v) is 4.45. The molecule has 0 aliphatic carbocycles. The summed E-state index contributed by atoms with van der Waals surface area (Å²) >= 11 is 0. The second-order valence-electron chi connectivity index (χ2n) is 6.23. The molecule has 0 radical (unpaired) electrons. The predicted octanol–water partition coefficient (Wildman–Crippen LogP) is 1.97. The zero-order chi connectivity index (χ0) is 16.9. The van der Waals surface area contributed by atoms with Gasteiger partial charge in [0, 0.05) is 38.9 Å². The number of anilines is 1. The zero-order valence-electron chi connectivity index (χ0n) is 14.2. The van der Waals surface area contributed by atoms with Crippen LogP contribution in [0.5, 0.6) is 0 Å². The van der Waals surface area contributed by atoms with Crippen LogP contribution in [0.4, 0.5) is 5.69 Å². The predicted molar refractivity (Wildman–Crippen MR) is 93.1 cm³/mol. The minimum absolute atomic E-state index is 0.297. The molecule has 1 atom stereocenters. The average Bonchev–Trinajstić information content (AvgIpc) is 3.06. The molecule has 3 rings (SSSR count). The monoisotopic (exact) mass is 328 g/mol. The van der Waals surface area contributed by atoms with E-state index in [1.165, 1.54) is 31.2 Å². The van der Waals surface area contributed by atoms with E-state index in [0.717, 1.165) is 19.6 Å². The Hall–Kier alpha value is -2.34. The van der Waals surface area contributed by atoms with E-state index in [-0.39, 0.29) is 5.97 Å². The van der Waals surface area contributed by atoms with E-state index in [4.69, 9.17) is 4.74 Å². The molecular weight excluding hydrogens is 304 g/mol. The van der Waals surface area contributed by atoms with Crippen molar-refractivity contribution in [3.05, 3.63) is 47.8 Å². The first-order chi connectivity index (χ1) is 11.7. The highest BCUT2D eigenvalue weighted by atomic mass is 16.5. The molecular formula is C18H24N4O2. The number of hydrogen-bond acceptors (Lipinski definition) is 5. The summed E-state index contributed by atoms with van der Waals surface area (Å²) in [5.41, 5.74) is 2.94. The number of esters is 1. The highest BCUT2D eigenvalue weighted by molar-refractivity contribution is 5.89. The van der Waals surface area contributed by atoms with Crippen molar-refractivity contribution in [3.8, 4) is 0 Å². The van der Waals surface area contributed by atoms with Crippen LogP contribution in [0.1, 0.15) is 28.8 Å². The van der Waals surface area contributed by atoms with Crippen molar-refractivity contribution in [2.45, 2.75) is 25.4 Å². The smallest absolute Gasteiger partial charge is 0.337 e. The lowest BCUT2D eigenvalue weighted by Gasteiger charge is -2.34. The Kier molecular flexibility index (Phi) is 5.15. The number of rotatable bonds is 5. The number of carbonyl (C=O) groups is 1. The van der Waals surface area contributed by atoms with Crippen molar-refractivity contribution < 1.29 is 9.53 Å². The van der Waals surface area contributed by atoms with E-state index in [1.807, 2.05) is 42.2 Å². The van der Waals surface area contributed by atoms with Gasteiger partial charge in [-0.15, -0.1) is 0 Å². The Morgan fingerprint density at radius 1 is 1.38 bits per heavy atom. The number of piperidine rings is 1. The van der Waals surface area contributed by atoms with Crippen LogP contribution in [0.15, 0.2) is 36.7 Å². The van der Waals surface area contributed by atoms with Gasteiger partial charge < -0.3 is 15.0 Å². The quantitative estimate of drug-likeness (QED) is 0.850. The summed E-state index contributed by atoms with van der Waals surface area (Å²) < 4.78 is 6.56. The van der Waals surface area contributed by atoms with E-state index in [9.17, 15) is 4.79 Å². The number of hydrogen-bond donors (Lipinski definition) is 1. The van der Waals surface area contributed by atoms with Crippen molar-refractivity contribution in [2.24, 2.45) is 7.05 Å². The number of ether oxygens (including phenoxy) is 1. The van der Waals surface area contributed by atoms with Crippen LogP contribution in [0, 0.1) is 0 Å². The van der Waals surface area contributed by atoms with E-state index >= 15 is 0 Å². The lowest BCUT2D eigenvalue weighted by Crippen LogP contribution is -2.45. The summed E-state index contributed by atoms with van der Waals surface area (Å²) in [4.78, 5) is 13.8. The Bertz CT molecular complexity index is 681. The molecule has 1 aromatic carbocycles. The summed E-state index contributed by atoms with van der Waals surface area (Å²) in [6.07, 6.45) is 6.34. The summed E-state index contributed by atoms with van der Waals surface area (Å²) in [5, 5.41) is 7.88. The fraction of sp³-hybridized carbons (Fsp3) is 0.444. The van der Waals surface area contributed by atoms with E-state index < -0.39 is 0 Å². The molecule has 6 nitrogen and oxygen atoms in total. The van der Waals surface area contributed by atoms with E-state index in [0.29, 0.717) is 11.6 Å². The fourth-order valence-electron chi connectivity index (χ4n) is 3.09. The summed E-state index contributed by atoms with van der Waals surface area (Å²) in [5.74, 6) is -0.297. The second kappa shape index (κ2) is 7.49. The van der Waals surface area contributed by atoms with Crippen LogP contribution in [-0.4, -0.2) is 42.0 Å². The maximum atomic E-state index is 11.5. The lowest BCUT2D eigenvalue weighted by molar-refractivity contribution is 0.0600. The number of aromatic nitrogens is 2. The first-order valence-corrected chi connectivity index (χ1v) is 8.30. The minimum Gasteiger partial charge on any atom is -0.465 e. The molecule has 128 valence electrons. The molecule has 6 heteroatoms. The van der Waals surface area contributed by atoms with Gasteiger partial charge in [-0.1, -0.05) is 12.1 Å². The first-order valence-electron chi connectivity index (χ1n) is 8.30. The standard InChI is InChI=1S/C18H24N4O2/c1-21-13-17(11-20-21)22-9-3-4-16(12-22)19-10-14-5-7-15(8-6-14)18(23)24-2/h5-8,11,13,16,19H,3-4,9-10,12H2,1-2H3/t16-/m1/s1. The van der Waals surface area contributed by atoms with Gasteiger partial charge in [0.25, 0.3) is 0 Å². The maximum absolute atomic E-state index is 11.5. The van der Waals surface area contributed by atoms with Gasteiger partial charge in [0.2, 0.25) is 0 Å². The molecule has 1 aromatic heterocycles. The highest BCUT2D eigenvalue weighted by Crippen LogP contribution is 2.19. The van der Waals surface area contributed by atoms with Gasteiger partial charge in [-0.05, 0) is 30.5 Å². The van der Waals surface area contributed by atoms with Gasteiger partial charge in [-0.25, -0.2) is 4.79 Å². The molecule has 0 saturated carbocycles. The van der Waals surface area contributed by atoms with Crippen molar-refractivity contribution in [1.82, 2.24) is 15.1 Å². The Balaban J connectivity index is 1.53. The molecule has 0 bridgehead atoms. The maximum Gasteiger partial charge on any atom is 0.337 e. The lowest BCUT2D eigenvalue weighted by atomic mass is 10.0. The van der Waals surface area contributed by atoms with Crippen LogP contribution < -0.4 is 10.2 Å². The molecule has 1 N–H and O–H groups in total. The van der Waals surface area contributed by atoms with Crippen molar-refractivity contribution in [3.63, 3.8) is 0 Å². The Labute approximate surface area is 142 Å². The number of carbonyl (C=O) groups excluding carboxylic acids is 1. The molecule has 1 saturated heterocycles. The molecule has 24 heavy (non-hydrogen) atoms. The van der Waals surface area contributed by atoms with Crippen LogP contribution >= 0.6 is 0 Å². The molecule has 2 heterocycles. The van der Waals surface area contributed by atoms with Crippen LogP contribution in [0.2, 0.25) is 0 Å². The largest absolute Gasteiger partial charge is 0.465 e. The average molecular weight is 328 g/mol. The van der Waals surface area contributed by atoms with Crippen molar-refractivity contribution in [2.75, 3.05) is 25.1 Å². The second-order valence-corrected chi connectivity index (χ2v) is 6.23. The number of nitrogens with one attached hydrogen (secondary N) is 1. The fourth-order valence-corrected chi connectivity index (χ4v) is 3.09. The van der Waals surface area contributed by atoms with Gasteiger partial charge in [-0.3, -0.25) is 4.68 Å². The zero-order valence-corrected chi connectivity index (χ0v) is 14.2. The Morgan fingerprint density at radius 2 is 2.17 bits per heavy atom. The topological polar surface area (TPSA) is 59.4 Å². The van der Waals surface area contributed by atoms with E-state index in [2.05, 4.69) is 21.5 Å². The third kappa shape index (κ3) is 3.94. The number of benzene rings is 1. The van der Waals surface area contributed by atoms with Gasteiger partial charge in [0.05, 0.1) is 24.6 Å². The molecule has 0 unspecified atom stereocenters. The molecule has 1 aliphatic rings. The van der Waals surface area contributed by atoms with Crippen molar-refractivity contribution >= 4 is 11.7 Å². The normalized spacial score (nSPS) is 17.8. The summed E-state index contributed by atoms with van der Waals surface area (Å²) in [6.45, 7) is 2.87. The minimum atomic E-state index is -0.297. The molecule has 1 fully saturated rings. The Morgan fingerprint density at radius 3 is 2.83 bits per heavy atom. The summed E-state index contributed by atoms with van der Waals surface area (Å²) in [7, 11) is 3.34. The van der Waals surface area contributed by atoms with Crippen LogP contribution in [0.25, 0.3) is 0 Å². The number of methoxy groups -OCH3 is 1. The highest BCUT2D eigenvalue weighted by Gasteiger charge is 2.20. The van der Waals surface area contributed by atoms with Crippen LogP contribution in [-0.2, 0) is 18.3 Å². The number of nitrogens with zero attached hydrogens (tertiary/aromatic N) is 3. The third-order valence-electron chi connectivity index (χ3n) is 4.45. The molecule has 2 aromatic rings. The van der Waals surface area contributed by atoms with E-state index in [1.54, 1.807) is 0 Å². The summed E-state index contributed by atoms with van der Waals surface area (Å²) in [6, 6.07) is 8.03. The number of aryl methyl sites for hydroxylation is 1.